The lowest BCUT2D eigenvalue weighted by molar-refractivity contribution is -0.227. The van der Waals surface area contributed by atoms with E-state index in [0.717, 1.165) is 4.90 Å². The van der Waals surface area contributed by atoms with Crippen LogP contribution in [0.15, 0.2) is 25.3 Å². The molecule has 7 heteroatoms. The third kappa shape index (κ3) is 3.28. The molecule has 1 N–H and O–H groups in total. The van der Waals surface area contributed by atoms with Crippen LogP contribution in [0.1, 0.15) is 19.3 Å². The molecular formula is C14H18F3NO3. The third-order valence-electron chi connectivity index (χ3n) is 3.78. The molecule has 1 fully saturated rings. The number of aliphatic carboxylic acids is 1. The summed E-state index contributed by atoms with van der Waals surface area (Å²) >= 11 is 0. The summed E-state index contributed by atoms with van der Waals surface area (Å²) in [6.07, 6.45) is -1.86. The van der Waals surface area contributed by atoms with E-state index in [-0.39, 0.29) is 6.54 Å². The van der Waals surface area contributed by atoms with Crippen molar-refractivity contribution in [1.82, 2.24) is 4.90 Å². The minimum atomic E-state index is -4.89. The van der Waals surface area contributed by atoms with E-state index in [0.29, 0.717) is 12.8 Å². The molecule has 1 amide bonds. The lowest BCUT2D eigenvalue weighted by atomic mass is 9.86. The van der Waals surface area contributed by atoms with Gasteiger partial charge in [0.2, 0.25) is 5.91 Å². The van der Waals surface area contributed by atoms with Crippen LogP contribution in [0.3, 0.4) is 0 Å². The number of hydrogen-bond acceptors (Lipinski definition) is 2. The van der Waals surface area contributed by atoms with Gasteiger partial charge < -0.3 is 10.0 Å². The summed E-state index contributed by atoms with van der Waals surface area (Å²) in [5, 5.41) is 8.95. The molecule has 0 spiro atoms. The second-order valence-electron chi connectivity index (χ2n) is 5.14. The number of carboxylic acids is 1. The van der Waals surface area contributed by atoms with Crippen molar-refractivity contribution >= 4 is 11.9 Å². The molecule has 1 rings (SSSR count). The summed E-state index contributed by atoms with van der Waals surface area (Å²) in [6.45, 7) is 5.97. The molecule has 1 unspecified atom stereocenters. The third-order valence-corrected chi connectivity index (χ3v) is 3.78. The Hall–Kier alpha value is -1.79. The first-order chi connectivity index (χ1) is 9.69. The number of carbonyl (C=O) groups is 2. The SMILES string of the molecule is C=CCC(CC=C)C(=O)N1CCC(C(=O)O)(C(F)(F)F)C1. The Kier molecular flexibility index (Phi) is 5.20. The van der Waals surface area contributed by atoms with Crippen LogP contribution < -0.4 is 0 Å². The number of hydrogen-bond donors (Lipinski definition) is 1. The van der Waals surface area contributed by atoms with E-state index < -0.39 is 42.4 Å². The molecule has 4 nitrogen and oxygen atoms in total. The Balaban J connectivity index is 2.93. The van der Waals surface area contributed by atoms with Crippen molar-refractivity contribution in [2.45, 2.75) is 25.4 Å². The zero-order chi connectivity index (χ0) is 16.3. The van der Waals surface area contributed by atoms with Gasteiger partial charge in [-0.2, -0.15) is 13.2 Å². The molecule has 0 aromatic carbocycles. The highest BCUT2D eigenvalue weighted by atomic mass is 19.4. The van der Waals surface area contributed by atoms with Crippen LogP contribution in [0.25, 0.3) is 0 Å². The summed E-state index contributed by atoms with van der Waals surface area (Å²) in [5.74, 6) is -2.96. The van der Waals surface area contributed by atoms with Crippen LogP contribution in [-0.2, 0) is 9.59 Å². The summed E-state index contributed by atoms with van der Waals surface area (Å²) < 4.78 is 39.1. The van der Waals surface area contributed by atoms with Crippen LogP contribution in [-0.4, -0.2) is 41.1 Å². The first-order valence-corrected chi connectivity index (χ1v) is 6.50. The lowest BCUT2D eigenvalue weighted by Gasteiger charge is -2.28. The van der Waals surface area contributed by atoms with Crippen molar-refractivity contribution in [3.05, 3.63) is 25.3 Å². The van der Waals surface area contributed by atoms with Gasteiger partial charge >= 0.3 is 12.1 Å². The van der Waals surface area contributed by atoms with Crippen LogP contribution in [0.5, 0.6) is 0 Å². The highest BCUT2D eigenvalue weighted by Gasteiger charge is 2.64. The number of carboxylic acid groups (broad SMARTS) is 1. The highest BCUT2D eigenvalue weighted by Crippen LogP contribution is 2.46. The Morgan fingerprint density at radius 1 is 1.29 bits per heavy atom. The van der Waals surface area contributed by atoms with Crippen LogP contribution in [0.2, 0.25) is 0 Å². The Labute approximate surface area is 120 Å². The fourth-order valence-corrected chi connectivity index (χ4v) is 2.48. The van der Waals surface area contributed by atoms with Gasteiger partial charge in [0.25, 0.3) is 0 Å². The number of amides is 1. The van der Waals surface area contributed by atoms with Gasteiger partial charge in [-0.25, -0.2) is 0 Å². The molecule has 0 aromatic rings. The number of allylic oxidation sites excluding steroid dienone is 2. The predicted octanol–water partition coefficient (Wildman–Crippen LogP) is 2.62. The van der Waals surface area contributed by atoms with Crippen LogP contribution in [0, 0.1) is 11.3 Å². The number of rotatable bonds is 6. The molecule has 1 aliphatic rings. The molecule has 0 aromatic heterocycles. The van der Waals surface area contributed by atoms with Crippen molar-refractivity contribution in [2.24, 2.45) is 11.3 Å². The molecule has 1 atom stereocenters. The smallest absolute Gasteiger partial charge is 0.406 e. The van der Waals surface area contributed by atoms with Crippen LogP contribution >= 0.6 is 0 Å². The number of carbonyl (C=O) groups excluding carboxylic acids is 1. The first-order valence-electron chi connectivity index (χ1n) is 6.50. The molecule has 0 saturated carbocycles. The molecule has 1 aliphatic heterocycles. The van der Waals surface area contributed by atoms with Gasteiger partial charge in [-0.15, -0.1) is 13.2 Å². The molecule has 0 aliphatic carbocycles. The van der Waals surface area contributed by atoms with E-state index >= 15 is 0 Å². The number of nitrogens with zero attached hydrogens (tertiary/aromatic N) is 1. The van der Waals surface area contributed by atoms with Crippen molar-refractivity contribution in [3.63, 3.8) is 0 Å². The summed E-state index contributed by atoms with van der Waals surface area (Å²) in [7, 11) is 0. The van der Waals surface area contributed by atoms with Gasteiger partial charge in [0.15, 0.2) is 5.41 Å². The fraction of sp³-hybridized carbons (Fsp3) is 0.571. The summed E-state index contributed by atoms with van der Waals surface area (Å²) in [4.78, 5) is 24.3. The van der Waals surface area contributed by atoms with Crippen molar-refractivity contribution in [3.8, 4) is 0 Å². The maximum Gasteiger partial charge on any atom is 0.406 e. The van der Waals surface area contributed by atoms with Crippen molar-refractivity contribution < 1.29 is 27.9 Å². The Bertz CT molecular complexity index is 437. The average molecular weight is 305 g/mol. The predicted molar refractivity (Wildman–Crippen MR) is 70.4 cm³/mol. The first kappa shape index (κ1) is 17.3. The fourth-order valence-electron chi connectivity index (χ4n) is 2.48. The molecule has 21 heavy (non-hydrogen) atoms. The zero-order valence-corrected chi connectivity index (χ0v) is 11.5. The standard InChI is InChI=1S/C14H18F3NO3/c1-3-5-10(6-4-2)11(19)18-8-7-13(9-18,12(20)21)14(15,16)17/h3-4,10H,1-2,5-9H2,(H,20,21). The van der Waals surface area contributed by atoms with E-state index in [4.69, 9.17) is 5.11 Å². The Morgan fingerprint density at radius 3 is 2.14 bits per heavy atom. The van der Waals surface area contributed by atoms with Gasteiger partial charge in [-0.05, 0) is 19.3 Å². The van der Waals surface area contributed by atoms with Gasteiger partial charge in [0.1, 0.15) is 0 Å². The van der Waals surface area contributed by atoms with Gasteiger partial charge in [0, 0.05) is 19.0 Å². The van der Waals surface area contributed by atoms with Gasteiger partial charge in [-0.1, -0.05) is 12.2 Å². The normalized spacial score (nSPS) is 22.4. The Morgan fingerprint density at radius 2 is 1.81 bits per heavy atom. The highest BCUT2D eigenvalue weighted by molar-refractivity contribution is 5.83. The topological polar surface area (TPSA) is 57.6 Å². The number of alkyl halides is 3. The van der Waals surface area contributed by atoms with Crippen molar-refractivity contribution in [2.75, 3.05) is 13.1 Å². The van der Waals surface area contributed by atoms with E-state index in [1.165, 1.54) is 12.2 Å². The van der Waals surface area contributed by atoms with Crippen molar-refractivity contribution in [1.29, 1.82) is 0 Å². The van der Waals surface area contributed by atoms with E-state index in [9.17, 15) is 22.8 Å². The van der Waals surface area contributed by atoms with Gasteiger partial charge in [0.05, 0.1) is 0 Å². The minimum Gasteiger partial charge on any atom is -0.481 e. The van der Waals surface area contributed by atoms with E-state index in [1.54, 1.807) is 0 Å². The van der Waals surface area contributed by atoms with Crippen LogP contribution in [0.4, 0.5) is 13.2 Å². The zero-order valence-electron chi connectivity index (χ0n) is 11.5. The summed E-state index contributed by atoms with van der Waals surface area (Å²) in [6, 6.07) is 0. The molecule has 0 radical (unpaired) electrons. The largest absolute Gasteiger partial charge is 0.481 e. The average Bonchev–Trinajstić information content (AvgIpc) is 2.83. The summed E-state index contributed by atoms with van der Waals surface area (Å²) in [5.41, 5.74) is -2.87. The molecule has 1 saturated heterocycles. The van der Waals surface area contributed by atoms with E-state index in [2.05, 4.69) is 13.2 Å². The molecule has 0 bridgehead atoms. The monoisotopic (exact) mass is 305 g/mol. The van der Waals surface area contributed by atoms with E-state index in [1.807, 2.05) is 0 Å². The maximum atomic E-state index is 13.0. The number of likely N-dealkylation sites (tertiary alicyclic amines) is 1. The lowest BCUT2D eigenvalue weighted by Crippen LogP contribution is -2.48. The minimum absolute atomic E-state index is 0.213. The quantitative estimate of drug-likeness (QED) is 0.767. The second kappa shape index (κ2) is 6.32. The molecule has 1 heterocycles. The molecule has 118 valence electrons. The number of halogens is 3. The molecular weight excluding hydrogens is 287 g/mol. The maximum absolute atomic E-state index is 13.0. The second-order valence-corrected chi connectivity index (χ2v) is 5.14. The van der Waals surface area contributed by atoms with Gasteiger partial charge in [-0.3, -0.25) is 9.59 Å².